The summed E-state index contributed by atoms with van der Waals surface area (Å²) in [5.41, 5.74) is 1.20. The van der Waals surface area contributed by atoms with Crippen LogP contribution in [0, 0.1) is 5.82 Å². The molecule has 2 aliphatic rings. The van der Waals surface area contributed by atoms with Crippen molar-refractivity contribution in [1.82, 2.24) is 10.2 Å². The number of ether oxygens (including phenoxy) is 1. The predicted octanol–water partition coefficient (Wildman–Crippen LogP) is 1.84. The standard InChI is InChI=1S/C21H23FN4O5/c1-14(27)24-5-7-25(8-6-24)19-3-2-16(10-18(19)22)26-12-17(31-21(26)29)11-23-20(28)15-4-9-30-13-15/h2-4,9-10,13,17H,5-8,11-12H2,1H3,(H,23,28)/t17-/m0/s1. The van der Waals surface area contributed by atoms with Crippen LogP contribution in [0.25, 0.3) is 0 Å². The Bertz CT molecular complexity index is 972. The molecule has 1 atom stereocenters. The van der Waals surface area contributed by atoms with E-state index in [1.165, 1.54) is 36.5 Å². The Kier molecular flexibility index (Phi) is 5.79. The Morgan fingerprint density at radius 1 is 1.19 bits per heavy atom. The molecule has 0 radical (unpaired) electrons. The van der Waals surface area contributed by atoms with Crippen LogP contribution in [-0.2, 0) is 9.53 Å². The molecule has 0 unspecified atom stereocenters. The van der Waals surface area contributed by atoms with Crippen molar-refractivity contribution in [3.8, 4) is 0 Å². The van der Waals surface area contributed by atoms with E-state index in [0.717, 1.165) is 0 Å². The number of benzene rings is 1. The van der Waals surface area contributed by atoms with E-state index in [4.69, 9.17) is 9.15 Å². The van der Waals surface area contributed by atoms with Crippen molar-refractivity contribution in [3.05, 3.63) is 48.2 Å². The summed E-state index contributed by atoms with van der Waals surface area (Å²) in [6.45, 7) is 4.02. The lowest BCUT2D eigenvalue weighted by Gasteiger charge is -2.35. The second-order valence-corrected chi connectivity index (χ2v) is 7.47. The number of carbonyl (C=O) groups excluding carboxylic acids is 3. The number of anilines is 2. The Hall–Kier alpha value is -3.56. The molecule has 4 rings (SSSR count). The molecule has 10 heteroatoms. The van der Waals surface area contributed by atoms with Crippen LogP contribution in [0.1, 0.15) is 17.3 Å². The Morgan fingerprint density at radius 2 is 1.97 bits per heavy atom. The van der Waals surface area contributed by atoms with Gasteiger partial charge in [0.1, 0.15) is 18.2 Å². The van der Waals surface area contributed by atoms with E-state index in [1.807, 2.05) is 4.90 Å². The molecule has 2 saturated heterocycles. The van der Waals surface area contributed by atoms with Crippen LogP contribution in [0.4, 0.5) is 20.6 Å². The van der Waals surface area contributed by atoms with Gasteiger partial charge >= 0.3 is 6.09 Å². The van der Waals surface area contributed by atoms with Crippen molar-refractivity contribution in [1.29, 1.82) is 0 Å². The Morgan fingerprint density at radius 3 is 2.61 bits per heavy atom. The van der Waals surface area contributed by atoms with E-state index < -0.39 is 18.0 Å². The summed E-state index contributed by atoms with van der Waals surface area (Å²) in [7, 11) is 0. The third kappa shape index (κ3) is 4.47. The zero-order valence-electron chi connectivity index (χ0n) is 17.0. The number of rotatable bonds is 5. The first kappa shape index (κ1) is 20.7. The van der Waals surface area contributed by atoms with Gasteiger partial charge in [-0.3, -0.25) is 14.5 Å². The van der Waals surface area contributed by atoms with Gasteiger partial charge in [0.15, 0.2) is 0 Å². The molecule has 0 saturated carbocycles. The number of cyclic esters (lactones) is 1. The van der Waals surface area contributed by atoms with Gasteiger partial charge in [0.05, 0.1) is 36.3 Å². The highest BCUT2D eigenvalue weighted by molar-refractivity contribution is 5.94. The van der Waals surface area contributed by atoms with Crippen molar-refractivity contribution < 1.29 is 27.9 Å². The van der Waals surface area contributed by atoms with Gasteiger partial charge in [-0.1, -0.05) is 0 Å². The van der Waals surface area contributed by atoms with Gasteiger partial charge in [0.2, 0.25) is 5.91 Å². The molecular formula is C21H23FN4O5. The number of carbonyl (C=O) groups is 3. The van der Waals surface area contributed by atoms with E-state index in [9.17, 15) is 18.8 Å². The number of furan rings is 1. The van der Waals surface area contributed by atoms with E-state index in [0.29, 0.717) is 43.1 Å². The van der Waals surface area contributed by atoms with E-state index in [2.05, 4.69) is 5.32 Å². The maximum absolute atomic E-state index is 14.8. The van der Waals surface area contributed by atoms with Gasteiger partial charge in [-0.25, -0.2) is 9.18 Å². The van der Waals surface area contributed by atoms with Crippen LogP contribution in [0.3, 0.4) is 0 Å². The Labute approximate surface area is 178 Å². The van der Waals surface area contributed by atoms with Gasteiger partial charge < -0.3 is 24.3 Å². The lowest BCUT2D eigenvalue weighted by atomic mass is 10.2. The van der Waals surface area contributed by atoms with Crippen LogP contribution in [-0.4, -0.2) is 68.2 Å². The van der Waals surface area contributed by atoms with E-state index >= 15 is 0 Å². The topological polar surface area (TPSA) is 95.3 Å². The van der Waals surface area contributed by atoms with Crippen molar-refractivity contribution >= 4 is 29.3 Å². The average Bonchev–Trinajstić information content (AvgIpc) is 3.42. The molecule has 31 heavy (non-hydrogen) atoms. The number of nitrogens with one attached hydrogen (secondary N) is 1. The summed E-state index contributed by atoms with van der Waals surface area (Å²) in [5.74, 6) is -0.764. The minimum absolute atomic E-state index is 0.0125. The molecule has 9 nitrogen and oxygen atoms in total. The number of hydrogen-bond acceptors (Lipinski definition) is 6. The smallest absolute Gasteiger partial charge is 0.414 e. The van der Waals surface area contributed by atoms with Crippen LogP contribution >= 0.6 is 0 Å². The normalized spacial score (nSPS) is 18.8. The maximum atomic E-state index is 14.8. The first-order chi connectivity index (χ1) is 14.9. The van der Waals surface area contributed by atoms with Gasteiger partial charge in [0.25, 0.3) is 5.91 Å². The van der Waals surface area contributed by atoms with Gasteiger partial charge in [-0.15, -0.1) is 0 Å². The van der Waals surface area contributed by atoms with E-state index in [1.54, 1.807) is 17.0 Å². The third-order valence-electron chi connectivity index (χ3n) is 5.46. The second kappa shape index (κ2) is 8.66. The molecule has 0 spiro atoms. The van der Waals surface area contributed by atoms with Crippen molar-refractivity contribution in [2.24, 2.45) is 0 Å². The SMILES string of the molecule is CC(=O)N1CCN(c2ccc(N3C[C@H](CNC(=O)c4ccoc4)OC3=O)cc2F)CC1. The summed E-state index contributed by atoms with van der Waals surface area (Å²) in [6.07, 6.45) is 1.58. The summed E-state index contributed by atoms with van der Waals surface area (Å²) in [4.78, 5) is 40.7. The lowest BCUT2D eigenvalue weighted by Crippen LogP contribution is -2.48. The third-order valence-corrected chi connectivity index (χ3v) is 5.46. The fraction of sp³-hybridized carbons (Fsp3) is 0.381. The summed E-state index contributed by atoms with van der Waals surface area (Å²) in [5, 5.41) is 2.68. The summed E-state index contributed by atoms with van der Waals surface area (Å²) in [6, 6.07) is 6.14. The van der Waals surface area contributed by atoms with Crippen LogP contribution in [0.2, 0.25) is 0 Å². The molecule has 164 valence electrons. The zero-order valence-corrected chi connectivity index (χ0v) is 17.0. The van der Waals surface area contributed by atoms with Crippen LogP contribution in [0.5, 0.6) is 0 Å². The second-order valence-electron chi connectivity index (χ2n) is 7.47. The monoisotopic (exact) mass is 430 g/mol. The molecule has 1 N–H and O–H groups in total. The molecule has 3 amide bonds. The molecule has 1 aromatic heterocycles. The molecule has 2 aliphatic heterocycles. The Balaban J connectivity index is 1.36. The highest BCUT2D eigenvalue weighted by atomic mass is 19.1. The average molecular weight is 430 g/mol. The lowest BCUT2D eigenvalue weighted by molar-refractivity contribution is -0.129. The van der Waals surface area contributed by atoms with Crippen molar-refractivity contribution in [2.45, 2.75) is 13.0 Å². The molecular weight excluding hydrogens is 407 g/mol. The predicted molar refractivity (Wildman–Crippen MR) is 110 cm³/mol. The summed E-state index contributed by atoms with van der Waals surface area (Å²) >= 11 is 0. The molecule has 0 aliphatic carbocycles. The molecule has 1 aromatic carbocycles. The maximum Gasteiger partial charge on any atom is 0.414 e. The van der Waals surface area contributed by atoms with Gasteiger partial charge in [-0.2, -0.15) is 0 Å². The first-order valence-corrected chi connectivity index (χ1v) is 10.0. The highest BCUT2D eigenvalue weighted by Crippen LogP contribution is 2.28. The molecule has 3 heterocycles. The number of amides is 3. The first-order valence-electron chi connectivity index (χ1n) is 10.0. The summed E-state index contributed by atoms with van der Waals surface area (Å²) < 4.78 is 25.0. The largest absolute Gasteiger partial charge is 0.472 e. The highest BCUT2D eigenvalue weighted by Gasteiger charge is 2.33. The number of hydrogen-bond donors (Lipinski definition) is 1. The van der Waals surface area contributed by atoms with Crippen molar-refractivity contribution in [2.75, 3.05) is 49.1 Å². The fourth-order valence-electron chi connectivity index (χ4n) is 3.72. The molecule has 2 fully saturated rings. The van der Waals surface area contributed by atoms with Gasteiger partial charge in [0, 0.05) is 33.1 Å². The number of nitrogens with zero attached hydrogens (tertiary/aromatic N) is 3. The molecule has 2 aromatic rings. The minimum atomic E-state index is -0.593. The quantitative estimate of drug-likeness (QED) is 0.778. The molecule has 0 bridgehead atoms. The fourth-order valence-corrected chi connectivity index (χ4v) is 3.72. The number of halogens is 1. The zero-order chi connectivity index (χ0) is 22.0. The van der Waals surface area contributed by atoms with Crippen LogP contribution in [0.15, 0.2) is 41.2 Å². The van der Waals surface area contributed by atoms with Crippen LogP contribution < -0.4 is 15.1 Å². The van der Waals surface area contributed by atoms with Gasteiger partial charge in [-0.05, 0) is 24.3 Å². The number of piperazine rings is 1. The van der Waals surface area contributed by atoms with E-state index in [-0.39, 0.29) is 24.9 Å². The minimum Gasteiger partial charge on any atom is -0.472 e. The van der Waals surface area contributed by atoms with Crippen molar-refractivity contribution in [3.63, 3.8) is 0 Å².